The molecule has 0 bridgehead atoms. The van der Waals surface area contributed by atoms with Gasteiger partial charge in [-0.15, -0.1) is 0 Å². The summed E-state index contributed by atoms with van der Waals surface area (Å²) < 4.78 is 4.54. The Morgan fingerprint density at radius 3 is 2.38 bits per heavy atom. The molecule has 0 aromatic carbocycles. The highest BCUT2D eigenvalue weighted by Gasteiger charge is 1.99. The predicted octanol–water partition coefficient (Wildman–Crippen LogP) is 0.575. The lowest BCUT2D eigenvalue weighted by atomic mass is 10.1. The van der Waals surface area contributed by atoms with Crippen LogP contribution < -0.4 is 11.1 Å². The first kappa shape index (κ1) is 14.9. The summed E-state index contributed by atoms with van der Waals surface area (Å²) in [6, 6.07) is 0. The minimum atomic E-state index is -0.143. The lowest BCUT2D eigenvalue weighted by molar-refractivity contribution is -0.140. The first-order chi connectivity index (χ1) is 7.70. The van der Waals surface area contributed by atoms with Crippen LogP contribution in [0.5, 0.6) is 0 Å². The summed E-state index contributed by atoms with van der Waals surface area (Å²) in [4.78, 5) is 21.5. The van der Waals surface area contributed by atoms with Gasteiger partial charge in [0.2, 0.25) is 5.91 Å². The Balaban J connectivity index is 3.10. The Morgan fingerprint density at radius 2 is 1.75 bits per heavy atom. The zero-order valence-electron chi connectivity index (χ0n) is 9.96. The van der Waals surface area contributed by atoms with E-state index in [1.54, 1.807) is 0 Å². The molecule has 0 spiro atoms. The first-order valence-corrected chi connectivity index (χ1v) is 5.74. The standard InChI is InChI=1S/C11H22N2O3/c1-16-11(15)7-5-3-2-4-6-8-13-10(14)9-12/h2-9,12H2,1H3,(H,13,14). The summed E-state index contributed by atoms with van der Waals surface area (Å²) in [6.07, 6.45) is 5.51. The highest BCUT2D eigenvalue weighted by Crippen LogP contribution is 2.05. The normalized spacial score (nSPS) is 9.88. The molecule has 3 N–H and O–H groups in total. The molecule has 16 heavy (non-hydrogen) atoms. The highest BCUT2D eigenvalue weighted by atomic mass is 16.5. The number of esters is 1. The van der Waals surface area contributed by atoms with Crippen LogP contribution in [0.25, 0.3) is 0 Å². The molecule has 0 rings (SSSR count). The maximum Gasteiger partial charge on any atom is 0.305 e. The first-order valence-electron chi connectivity index (χ1n) is 5.74. The molecule has 5 nitrogen and oxygen atoms in total. The van der Waals surface area contributed by atoms with Crippen LogP contribution in [-0.2, 0) is 14.3 Å². The molecule has 0 aromatic rings. The third kappa shape index (κ3) is 9.45. The Hall–Kier alpha value is -1.10. The zero-order valence-corrected chi connectivity index (χ0v) is 9.96. The van der Waals surface area contributed by atoms with Gasteiger partial charge in [-0.3, -0.25) is 9.59 Å². The van der Waals surface area contributed by atoms with Gasteiger partial charge in [0.25, 0.3) is 0 Å². The molecule has 0 fully saturated rings. The molecule has 0 saturated heterocycles. The summed E-state index contributed by atoms with van der Waals surface area (Å²) in [5.41, 5.74) is 5.14. The summed E-state index contributed by atoms with van der Waals surface area (Å²) >= 11 is 0. The van der Waals surface area contributed by atoms with Crippen molar-refractivity contribution in [2.45, 2.75) is 38.5 Å². The molecule has 0 aromatic heterocycles. The number of methoxy groups -OCH3 is 1. The van der Waals surface area contributed by atoms with E-state index in [4.69, 9.17) is 5.73 Å². The second-order valence-electron chi connectivity index (χ2n) is 3.65. The molecular formula is C11H22N2O3. The van der Waals surface area contributed by atoms with Crippen molar-refractivity contribution in [3.05, 3.63) is 0 Å². The molecule has 0 unspecified atom stereocenters. The Labute approximate surface area is 96.7 Å². The van der Waals surface area contributed by atoms with Gasteiger partial charge in [-0.25, -0.2) is 0 Å². The van der Waals surface area contributed by atoms with E-state index < -0.39 is 0 Å². The van der Waals surface area contributed by atoms with E-state index in [2.05, 4.69) is 10.1 Å². The van der Waals surface area contributed by atoms with Gasteiger partial charge in [0.1, 0.15) is 0 Å². The van der Waals surface area contributed by atoms with Crippen LogP contribution >= 0.6 is 0 Å². The van der Waals surface area contributed by atoms with Gasteiger partial charge in [-0.1, -0.05) is 19.3 Å². The number of amides is 1. The van der Waals surface area contributed by atoms with Gasteiger partial charge in [0, 0.05) is 13.0 Å². The van der Waals surface area contributed by atoms with Crippen molar-refractivity contribution in [2.75, 3.05) is 20.2 Å². The fourth-order valence-corrected chi connectivity index (χ4v) is 1.33. The van der Waals surface area contributed by atoms with E-state index in [9.17, 15) is 9.59 Å². The van der Waals surface area contributed by atoms with Crippen molar-refractivity contribution >= 4 is 11.9 Å². The lowest BCUT2D eigenvalue weighted by Crippen LogP contribution is -2.30. The number of nitrogens with one attached hydrogen (secondary N) is 1. The minimum Gasteiger partial charge on any atom is -0.469 e. The molecule has 0 atom stereocenters. The number of nitrogens with two attached hydrogens (primary N) is 1. The van der Waals surface area contributed by atoms with Crippen LogP contribution in [0.3, 0.4) is 0 Å². The number of ether oxygens (including phenoxy) is 1. The number of carbonyl (C=O) groups is 2. The van der Waals surface area contributed by atoms with Gasteiger partial charge in [-0.2, -0.15) is 0 Å². The third-order valence-corrected chi connectivity index (χ3v) is 2.29. The summed E-state index contributed by atoms with van der Waals surface area (Å²) in [5, 5.41) is 2.71. The minimum absolute atomic E-state index is 0.0547. The van der Waals surface area contributed by atoms with Crippen LogP contribution in [-0.4, -0.2) is 32.1 Å². The van der Waals surface area contributed by atoms with Crippen molar-refractivity contribution < 1.29 is 14.3 Å². The second-order valence-corrected chi connectivity index (χ2v) is 3.65. The zero-order chi connectivity index (χ0) is 12.2. The fraction of sp³-hybridized carbons (Fsp3) is 0.818. The van der Waals surface area contributed by atoms with Crippen molar-refractivity contribution in [2.24, 2.45) is 5.73 Å². The van der Waals surface area contributed by atoms with E-state index in [0.29, 0.717) is 13.0 Å². The molecule has 94 valence electrons. The Morgan fingerprint density at radius 1 is 1.12 bits per heavy atom. The van der Waals surface area contributed by atoms with E-state index in [1.165, 1.54) is 7.11 Å². The SMILES string of the molecule is COC(=O)CCCCCCCNC(=O)CN. The summed E-state index contributed by atoms with van der Waals surface area (Å²) in [5.74, 6) is -0.249. The number of rotatable bonds is 9. The largest absolute Gasteiger partial charge is 0.469 e. The van der Waals surface area contributed by atoms with Gasteiger partial charge >= 0.3 is 5.97 Å². The second kappa shape index (κ2) is 10.4. The molecular weight excluding hydrogens is 208 g/mol. The topological polar surface area (TPSA) is 81.4 Å². The molecule has 0 aliphatic rings. The smallest absolute Gasteiger partial charge is 0.305 e. The fourth-order valence-electron chi connectivity index (χ4n) is 1.33. The summed E-state index contributed by atoms with van der Waals surface area (Å²) in [6.45, 7) is 0.742. The van der Waals surface area contributed by atoms with Crippen LogP contribution in [0.4, 0.5) is 0 Å². The molecule has 0 saturated carbocycles. The quantitative estimate of drug-likeness (QED) is 0.448. The van der Waals surface area contributed by atoms with Gasteiger partial charge in [-0.05, 0) is 12.8 Å². The monoisotopic (exact) mass is 230 g/mol. The number of hydrogen-bond donors (Lipinski definition) is 2. The average Bonchev–Trinajstić information content (AvgIpc) is 2.31. The molecule has 0 aliphatic heterocycles. The van der Waals surface area contributed by atoms with E-state index in [-0.39, 0.29) is 18.4 Å². The van der Waals surface area contributed by atoms with Crippen LogP contribution in [0.15, 0.2) is 0 Å². The van der Waals surface area contributed by atoms with E-state index >= 15 is 0 Å². The third-order valence-electron chi connectivity index (χ3n) is 2.29. The predicted molar refractivity (Wildman–Crippen MR) is 61.8 cm³/mol. The van der Waals surface area contributed by atoms with Gasteiger partial charge in [0.15, 0.2) is 0 Å². The van der Waals surface area contributed by atoms with Crippen molar-refractivity contribution in [3.63, 3.8) is 0 Å². The van der Waals surface area contributed by atoms with Crippen molar-refractivity contribution in [3.8, 4) is 0 Å². The number of carbonyl (C=O) groups excluding carboxylic acids is 2. The number of hydrogen-bond acceptors (Lipinski definition) is 4. The maximum atomic E-state index is 10.8. The van der Waals surface area contributed by atoms with Crippen LogP contribution in [0.2, 0.25) is 0 Å². The molecule has 0 aliphatic carbocycles. The highest BCUT2D eigenvalue weighted by molar-refractivity contribution is 5.77. The van der Waals surface area contributed by atoms with E-state index in [1.807, 2.05) is 0 Å². The maximum absolute atomic E-state index is 10.8. The molecule has 1 amide bonds. The van der Waals surface area contributed by atoms with Crippen LogP contribution in [0.1, 0.15) is 38.5 Å². The summed E-state index contributed by atoms with van der Waals surface area (Å²) in [7, 11) is 1.41. The number of unbranched alkanes of at least 4 members (excludes halogenated alkanes) is 4. The van der Waals surface area contributed by atoms with Gasteiger partial charge in [0.05, 0.1) is 13.7 Å². The molecule has 0 heterocycles. The Kier molecular flexibility index (Phi) is 9.70. The van der Waals surface area contributed by atoms with Crippen LogP contribution in [0, 0.1) is 0 Å². The molecule has 0 radical (unpaired) electrons. The van der Waals surface area contributed by atoms with Crippen molar-refractivity contribution in [1.82, 2.24) is 5.32 Å². The lowest BCUT2D eigenvalue weighted by Gasteiger charge is -2.03. The molecule has 5 heteroatoms. The average molecular weight is 230 g/mol. The van der Waals surface area contributed by atoms with E-state index in [0.717, 1.165) is 32.1 Å². The van der Waals surface area contributed by atoms with Gasteiger partial charge < -0.3 is 15.8 Å². The Bertz CT molecular complexity index is 185. The van der Waals surface area contributed by atoms with Crippen molar-refractivity contribution in [1.29, 1.82) is 0 Å².